The topological polar surface area (TPSA) is 78.8 Å². The average molecular weight is 539 g/mol. The van der Waals surface area contributed by atoms with Crippen LogP contribution in [0.15, 0.2) is 18.2 Å². The van der Waals surface area contributed by atoms with E-state index in [-0.39, 0.29) is 5.41 Å². The van der Waals surface area contributed by atoms with Gasteiger partial charge in [-0.05, 0) is 43.7 Å². The molecule has 0 saturated carbocycles. The van der Waals surface area contributed by atoms with Gasteiger partial charge in [0.1, 0.15) is 11.6 Å². The molecule has 6 rings (SSSR count). The summed E-state index contributed by atoms with van der Waals surface area (Å²) >= 11 is 0. The Bertz CT molecular complexity index is 1570. The lowest BCUT2D eigenvalue weighted by Gasteiger charge is -2.41. The molecule has 1 N–H and O–H groups in total. The Hall–Kier alpha value is -3.63. The molecular formula is C28H33F3N8. The largest absolute Gasteiger partial charge is 0.435 e. The van der Waals surface area contributed by atoms with Crippen LogP contribution in [-0.4, -0.2) is 49.6 Å². The molecule has 0 unspecified atom stereocenters. The Balaban J connectivity index is 1.49. The Labute approximate surface area is 225 Å². The second-order valence-corrected chi connectivity index (χ2v) is 11.7. The summed E-state index contributed by atoms with van der Waals surface area (Å²) in [5.74, 6) is 1.99. The molecular weight excluding hydrogens is 505 g/mol. The van der Waals surface area contributed by atoms with E-state index in [2.05, 4.69) is 41.0 Å². The first-order valence-electron chi connectivity index (χ1n) is 13.4. The number of piperidine rings is 1. The maximum Gasteiger partial charge on any atom is 0.435 e. The predicted octanol–water partition coefficient (Wildman–Crippen LogP) is 5.58. The van der Waals surface area contributed by atoms with Gasteiger partial charge in [-0.2, -0.15) is 23.4 Å². The minimum atomic E-state index is -4.49. The zero-order chi connectivity index (χ0) is 27.7. The van der Waals surface area contributed by atoms with Crippen LogP contribution in [0.4, 0.5) is 24.8 Å². The fourth-order valence-corrected chi connectivity index (χ4v) is 6.12. The molecule has 39 heavy (non-hydrogen) atoms. The highest BCUT2D eigenvalue weighted by Gasteiger charge is 2.37. The maximum atomic E-state index is 13.4. The zero-order valence-corrected chi connectivity index (χ0v) is 22.9. The summed E-state index contributed by atoms with van der Waals surface area (Å²) in [4.78, 5) is 14.6. The van der Waals surface area contributed by atoms with E-state index in [0.29, 0.717) is 31.2 Å². The van der Waals surface area contributed by atoms with E-state index in [1.54, 1.807) is 7.05 Å². The molecule has 0 radical (unpaired) electrons. The molecule has 5 heterocycles. The Morgan fingerprint density at radius 3 is 2.56 bits per heavy atom. The Kier molecular flexibility index (Phi) is 5.89. The first-order chi connectivity index (χ1) is 18.4. The van der Waals surface area contributed by atoms with E-state index in [9.17, 15) is 13.2 Å². The minimum Gasteiger partial charge on any atom is -0.356 e. The third-order valence-electron chi connectivity index (χ3n) is 8.04. The summed E-state index contributed by atoms with van der Waals surface area (Å²) in [5.41, 5.74) is 5.06. The lowest BCUT2D eigenvalue weighted by molar-refractivity contribution is -0.141. The van der Waals surface area contributed by atoms with E-state index < -0.39 is 11.9 Å². The maximum absolute atomic E-state index is 13.4. The van der Waals surface area contributed by atoms with Crippen LogP contribution in [0.3, 0.4) is 0 Å². The molecule has 0 atom stereocenters. The Morgan fingerprint density at radius 1 is 1.05 bits per heavy atom. The van der Waals surface area contributed by atoms with Crippen LogP contribution in [0.1, 0.15) is 54.9 Å². The van der Waals surface area contributed by atoms with Crippen LogP contribution in [0.2, 0.25) is 0 Å². The smallest absolute Gasteiger partial charge is 0.356 e. The highest BCUT2D eigenvalue weighted by molar-refractivity contribution is 5.96. The van der Waals surface area contributed by atoms with Gasteiger partial charge in [0.15, 0.2) is 11.5 Å². The summed E-state index contributed by atoms with van der Waals surface area (Å²) in [6.07, 6.45) is -1.70. The van der Waals surface area contributed by atoms with E-state index in [1.807, 2.05) is 24.0 Å². The summed E-state index contributed by atoms with van der Waals surface area (Å²) in [7, 11) is 1.56. The number of nitrogens with one attached hydrogen (secondary N) is 1. The summed E-state index contributed by atoms with van der Waals surface area (Å²) in [5, 5.41) is 12.3. The second-order valence-electron chi connectivity index (χ2n) is 11.7. The van der Waals surface area contributed by atoms with E-state index >= 15 is 0 Å². The number of rotatable bonds is 3. The first kappa shape index (κ1) is 25.6. The van der Waals surface area contributed by atoms with Crippen molar-refractivity contribution in [3.63, 3.8) is 0 Å². The number of benzene rings is 1. The number of hydrogen-bond donors (Lipinski definition) is 1. The molecule has 8 nitrogen and oxygen atoms in total. The monoisotopic (exact) mass is 538 g/mol. The van der Waals surface area contributed by atoms with Gasteiger partial charge in [-0.15, -0.1) is 0 Å². The Morgan fingerprint density at radius 2 is 1.85 bits per heavy atom. The van der Waals surface area contributed by atoms with Gasteiger partial charge in [0.25, 0.3) is 0 Å². The van der Waals surface area contributed by atoms with Crippen molar-refractivity contribution in [1.82, 2.24) is 29.9 Å². The first-order valence-corrected chi connectivity index (χ1v) is 13.4. The number of nitrogens with zero attached hydrogens (tertiary/aromatic N) is 7. The van der Waals surface area contributed by atoms with Crippen LogP contribution in [0, 0.1) is 19.3 Å². The number of hydrogen-bond acceptors (Lipinski definition) is 6. The van der Waals surface area contributed by atoms with Crippen LogP contribution >= 0.6 is 0 Å². The minimum absolute atomic E-state index is 0.130. The third-order valence-corrected chi connectivity index (χ3v) is 8.04. The van der Waals surface area contributed by atoms with Gasteiger partial charge < -0.3 is 9.80 Å². The number of aromatic nitrogens is 6. The van der Waals surface area contributed by atoms with Crippen molar-refractivity contribution >= 4 is 22.5 Å². The van der Waals surface area contributed by atoms with Gasteiger partial charge in [0.05, 0.1) is 11.2 Å². The molecule has 2 aliphatic heterocycles. The van der Waals surface area contributed by atoms with Crippen LogP contribution in [0.5, 0.6) is 0 Å². The highest BCUT2D eigenvalue weighted by atomic mass is 19.4. The molecule has 1 aromatic carbocycles. The van der Waals surface area contributed by atoms with Gasteiger partial charge in [-0.3, -0.25) is 9.78 Å². The van der Waals surface area contributed by atoms with E-state index in [4.69, 9.17) is 9.97 Å². The predicted molar refractivity (Wildman–Crippen MR) is 145 cm³/mol. The molecule has 11 heteroatoms. The molecule has 0 aliphatic carbocycles. The van der Waals surface area contributed by atoms with Gasteiger partial charge in [-0.25, -0.2) is 9.97 Å². The molecule has 1 saturated heterocycles. The van der Waals surface area contributed by atoms with Crippen molar-refractivity contribution < 1.29 is 13.2 Å². The van der Waals surface area contributed by atoms with E-state index in [1.165, 1.54) is 4.68 Å². The summed E-state index contributed by atoms with van der Waals surface area (Å²) in [6, 6.07) is 5.19. The molecule has 2 aliphatic rings. The van der Waals surface area contributed by atoms with Crippen LogP contribution in [0.25, 0.3) is 22.3 Å². The quantitative estimate of drug-likeness (QED) is 0.367. The van der Waals surface area contributed by atoms with Crippen molar-refractivity contribution in [3.8, 4) is 11.4 Å². The molecule has 0 spiro atoms. The molecule has 0 bridgehead atoms. The molecule has 4 aromatic rings. The summed E-state index contributed by atoms with van der Waals surface area (Å²) < 4.78 is 41.5. The summed E-state index contributed by atoms with van der Waals surface area (Å²) in [6.45, 7) is 11.3. The van der Waals surface area contributed by atoms with Crippen molar-refractivity contribution in [3.05, 3.63) is 46.4 Å². The number of alkyl halides is 3. The number of fused-ring (bicyclic) bond motifs is 2. The average Bonchev–Trinajstić information content (AvgIpc) is 3.45. The van der Waals surface area contributed by atoms with Gasteiger partial charge in [0, 0.05) is 67.9 Å². The van der Waals surface area contributed by atoms with Gasteiger partial charge in [0.2, 0.25) is 0 Å². The van der Waals surface area contributed by atoms with Crippen molar-refractivity contribution in [2.24, 2.45) is 12.5 Å². The molecule has 206 valence electrons. The van der Waals surface area contributed by atoms with Crippen molar-refractivity contribution in [2.45, 2.75) is 59.7 Å². The fourth-order valence-electron chi connectivity index (χ4n) is 6.12. The normalized spacial score (nSPS) is 17.6. The number of anilines is 2. The number of aryl methyl sites for hydroxylation is 3. The zero-order valence-electron chi connectivity index (χ0n) is 22.9. The highest BCUT2D eigenvalue weighted by Crippen LogP contribution is 2.39. The lowest BCUT2D eigenvalue weighted by atomic mass is 9.84. The third kappa shape index (κ3) is 4.51. The fraction of sp³-hybridized carbons (Fsp3) is 0.500. The number of halogens is 3. The number of H-pyrrole nitrogens is 1. The molecule has 1 fully saturated rings. The van der Waals surface area contributed by atoms with E-state index in [0.717, 1.165) is 76.8 Å². The van der Waals surface area contributed by atoms with Crippen LogP contribution < -0.4 is 9.80 Å². The number of aromatic amines is 1. The van der Waals surface area contributed by atoms with Gasteiger partial charge in [-0.1, -0.05) is 19.9 Å². The van der Waals surface area contributed by atoms with Crippen LogP contribution in [-0.2, 0) is 26.2 Å². The lowest BCUT2D eigenvalue weighted by Crippen LogP contribution is -2.42. The second kappa shape index (κ2) is 8.96. The SMILES string of the molecule is Cc1ccc2n[nH]c(C)c2c1-c1nc2c(c(N3CCCC(C)(C)C3)n1)CN(c1cc(C(F)(F)F)nn1C)CC2. The standard InChI is InChI=1S/C28H33F3N8/c1-16-7-8-20-24(17(2)34-35-20)23(16)25-32-19-9-12-38(22-13-21(28(29,30)31)36-37(22)5)14-18(19)26(33-25)39-11-6-10-27(3,4)15-39/h7-8,13H,6,9-12,14-15H2,1-5H3,(H,34,35). The molecule has 0 amide bonds. The van der Waals surface area contributed by atoms with Gasteiger partial charge >= 0.3 is 6.18 Å². The molecule has 3 aromatic heterocycles. The van der Waals surface area contributed by atoms with Crippen molar-refractivity contribution in [2.75, 3.05) is 29.4 Å². The van der Waals surface area contributed by atoms with Crippen molar-refractivity contribution in [1.29, 1.82) is 0 Å².